The summed E-state index contributed by atoms with van der Waals surface area (Å²) >= 11 is 0. The van der Waals surface area contributed by atoms with E-state index in [9.17, 15) is 9.59 Å². The van der Waals surface area contributed by atoms with Gasteiger partial charge in [0, 0.05) is 23.5 Å². The van der Waals surface area contributed by atoms with E-state index in [2.05, 4.69) is 11.0 Å². The molecule has 0 radical (unpaired) electrons. The highest BCUT2D eigenvalue weighted by atomic mass is 16.6. The first kappa shape index (κ1) is 23.9. The summed E-state index contributed by atoms with van der Waals surface area (Å²) in [6.07, 6.45) is 2.31. The van der Waals surface area contributed by atoms with E-state index in [1.54, 1.807) is 4.57 Å². The van der Waals surface area contributed by atoms with Crippen LogP contribution in [0.1, 0.15) is 45.7 Å². The van der Waals surface area contributed by atoms with Crippen molar-refractivity contribution in [1.29, 1.82) is 0 Å². The van der Waals surface area contributed by atoms with Crippen LogP contribution in [0.15, 0.2) is 24.4 Å². The molecule has 30 heavy (non-hydrogen) atoms. The Labute approximate surface area is 180 Å². The molecule has 2 rings (SSSR count). The topological polar surface area (TPSA) is 60.8 Å². The van der Waals surface area contributed by atoms with Gasteiger partial charge in [-0.1, -0.05) is 25.5 Å². The number of aromatic nitrogens is 1. The van der Waals surface area contributed by atoms with E-state index in [1.165, 1.54) is 0 Å². The molecule has 0 fully saturated rings. The number of ether oxygens (including phenoxy) is 2. The SMILES string of the molecule is Cc1ccc2c(c1)c(CCN(C)C)cn2C(=O)OCC(C)(C)COC(=O)C(C)(C)C. The second kappa shape index (κ2) is 9.21. The van der Waals surface area contributed by atoms with Crippen molar-refractivity contribution >= 4 is 23.0 Å². The van der Waals surface area contributed by atoms with E-state index in [0.717, 1.165) is 35.0 Å². The van der Waals surface area contributed by atoms with Crippen LogP contribution in [-0.2, 0) is 20.7 Å². The van der Waals surface area contributed by atoms with Gasteiger partial charge < -0.3 is 14.4 Å². The van der Waals surface area contributed by atoms with Crippen LogP contribution in [0.5, 0.6) is 0 Å². The number of fused-ring (bicyclic) bond motifs is 1. The van der Waals surface area contributed by atoms with Gasteiger partial charge >= 0.3 is 12.1 Å². The van der Waals surface area contributed by atoms with Crippen LogP contribution >= 0.6 is 0 Å². The number of benzene rings is 1. The molecule has 0 aliphatic heterocycles. The van der Waals surface area contributed by atoms with E-state index < -0.39 is 16.9 Å². The van der Waals surface area contributed by atoms with Gasteiger partial charge in [0.05, 0.1) is 17.5 Å². The zero-order chi connectivity index (χ0) is 22.7. The summed E-state index contributed by atoms with van der Waals surface area (Å²) in [5, 5.41) is 1.08. The van der Waals surface area contributed by atoms with Gasteiger partial charge in [-0.25, -0.2) is 4.79 Å². The Balaban J connectivity index is 2.12. The summed E-state index contributed by atoms with van der Waals surface area (Å²) in [6.45, 7) is 12.6. The first-order valence-corrected chi connectivity index (χ1v) is 10.4. The highest BCUT2D eigenvalue weighted by Crippen LogP contribution is 2.25. The third kappa shape index (κ3) is 6.33. The minimum Gasteiger partial charge on any atom is -0.465 e. The van der Waals surface area contributed by atoms with Gasteiger partial charge in [-0.2, -0.15) is 0 Å². The average molecular weight is 417 g/mol. The number of nitrogens with zero attached hydrogens (tertiary/aromatic N) is 2. The lowest BCUT2D eigenvalue weighted by atomic mass is 9.95. The molecule has 1 aromatic carbocycles. The van der Waals surface area contributed by atoms with Crippen LogP contribution in [0.2, 0.25) is 0 Å². The summed E-state index contributed by atoms with van der Waals surface area (Å²) < 4.78 is 12.6. The van der Waals surface area contributed by atoms with E-state index in [1.807, 2.05) is 74.0 Å². The molecule has 0 spiro atoms. The number of esters is 1. The van der Waals surface area contributed by atoms with Crippen molar-refractivity contribution in [3.8, 4) is 0 Å². The Morgan fingerprint density at radius 1 is 1.03 bits per heavy atom. The molecule has 6 nitrogen and oxygen atoms in total. The monoisotopic (exact) mass is 416 g/mol. The molecule has 6 heteroatoms. The number of hydrogen-bond acceptors (Lipinski definition) is 5. The van der Waals surface area contributed by atoms with E-state index in [4.69, 9.17) is 9.47 Å². The third-order valence-electron chi connectivity index (χ3n) is 4.86. The Hall–Kier alpha value is -2.34. The van der Waals surface area contributed by atoms with Crippen molar-refractivity contribution in [2.45, 2.75) is 48.0 Å². The number of hydrogen-bond donors (Lipinski definition) is 0. The van der Waals surface area contributed by atoms with Crippen molar-refractivity contribution in [2.24, 2.45) is 10.8 Å². The van der Waals surface area contributed by atoms with Crippen LogP contribution in [0.25, 0.3) is 10.9 Å². The zero-order valence-corrected chi connectivity index (χ0v) is 19.7. The fourth-order valence-corrected chi connectivity index (χ4v) is 2.95. The Kier molecular flexibility index (Phi) is 7.35. The second-order valence-electron chi connectivity index (χ2n) is 10.1. The van der Waals surface area contributed by atoms with Gasteiger partial charge in [0.15, 0.2) is 0 Å². The fraction of sp³-hybridized carbons (Fsp3) is 0.583. The smallest absolute Gasteiger partial charge is 0.418 e. The van der Waals surface area contributed by atoms with Gasteiger partial charge in [0.2, 0.25) is 0 Å². The lowest BCUT2D eigenvalue weighted by Gasteiger charge is -2.26. The first-order valence-electron chi connectivity index (χ1n) is 10.4. The standard InChI is InChI=1S/C24H36N2O4/c1-17-9-10-20-19(13-17)18(11-12-25(7)8)14-26(20)22(28)30-16-24(5,6)15-29-21(27)23(2,3)4/h9-10,13-14H,11-12,15-16H2,1-8H3. The van der Waals surface area contributed by atoms with Gasteiger partial charge in [0.25, 0.3) is 0 Å². The average Bonchev–Trinajstić information content (AvgIpc) is 2.99. The molecule has 0 amide bonds. The summed E-state index contributed by atoms with van der Waals surface area (Å²) in [6, 6.07) is 6.07. The number of aryl methyl sites for hydroxylation is 1. The molecule has 1 aromatic heterocycles. The molecule has 0 aliphatic carbocycles. The highest BCUT2D eigenvalue weighted by Gasteiger charge is 2.28. The molecule has 0 aliphatic rings. The zero-order valence-electron chi connectivity index (χ0n) is 19.7. The molecular weight excluding hydrogens is 380 g/mol. The highest BCUT2D eigenvalue weighted by molar-refractivity contribution is 5.92. The maximum atomic E-state index is 12.9. The third-order valence-corrected chi connectivity index (χ3v) is 4.86. The predicted octanol–water partition coefficient (Wildman–Crippen LogP) is 4.65. The Morgan fingerprint density at radius 2 is 1.67 bits per heavy atom. The molecule has 1 heterocycles. The van der Waals surface area contributed by atoms with Crippen molar-refractivity contribution < 1.29 is 19.1 Å². The number of likely N-dealkylation sites (N-methyl/N-ethyl adjacent to an activating group) is 1. The van der Waals surface area contributed by atoms with Gasteiger partial charge in [-0.15, -0.1) is 0 Å². The van der Waals surface area contributed by atoms with Crippen molar-refractivity contribution in [3.63, 3.8) is 0 Å². The molecule has 0 unspecified atom stereocenters. The number of carbonyl (C=O) groups is 2. The van der Waals surface area contributed by atoms with Crippen molar-refractivity contribution in [1.82, 2.24) is 9.47 Å². The van der Waals surface area contributed by atoms with E-state index >= 15 is 0 Å². The van der Waals surface area contributed by atoms with Crippen molar-refractivity contribution in [3.05, 3.63) is 35.5 Å². The van der Waals surface area contributed by atoms with Crippen LogP contribution in [0.4, 0.5) is 4.79 Å². The molecule has 0 saturated heterocycles. The molecule has 166 valence electrons. The van der Waals surface area contributed by atoms with E-state index in [-0.39, 0.29) is 19.2 Å². The summed E-state index contributed by atoms with van der Waals surface area (Å²) in [5.74, 6) is -0.265. The largest absolute Gasteiger partial charge is 0.465 e. The molecule has 2 aromatic rings. The summed E-state index contributed by atoms with van der Waals surface area (Å²) in [5.41, 5.74) is 2.08. The number of rotatable bonds is 7. The minimum absolute atomic E-state index is 0.155. The normalized spacial score (nSPS) is 12.4. The molecule has 0 N–H and O–H groups in total. The van der Waals surface area contributed by atoms with Crippen LogP contribution in [-0.4, -0.2) is 55.4 Å². The quantitative estimate of drug-likeness (QED) is 0.615. The van der Waals surface area contributed by atoms with Crippen LogP contribution in [0.3, 0.4) is 0 Å². The molecule has 0 saturated carbocycles. The van der Waals surface area contributed by atoms with Gasteiger partial charge in [-0.3, -0.25) is 9.36 Å². The lowest BCUT2D eigenvalue weighted by Crippen LogP contribution is -2.32. The van der Waals surface area contributed by atoms with Gasteiger partial charge in [-0.05, 0) is 65.9 Å². The van der Waals surface area contributed by atoms with Gasteiger partial charge in [0.1, 0.15) is 6.61 Å². The second-order valence-corrected chi connectivity index (χ2v) is 10.1. The summed E-state index contributed by atoms with van der Waals surface area (Å²) in [4.78, 5) is 27.0. The molecule has 0 bridgehead atoms. The Morgan fingerprint density at radius 3 is 2.27 bits per heavy atom. The maximum absolute atomic E-state index is 12.9. The molecular formula is C24H36N2O4. The van der Waals surface area contributed by atoms with Crippen molar-refractivity contribution in [2.75, 3.05) is 33.9 Å². The minimum atomic E-state index is -0.558. The fourth-order valence-electron chi connectivity index (χ4n) is 2.95. The lowest BCUT2D eigenvalue weighted by molar-refractivity contribution is -0.156. The summed E-state index contributed by atoms with van der Waals surface area (Å²) in [7, 11) is 4.07. The molecule has 0 atom stereocenters. The van der Waals surface area contributed by atoms with E-state index in [0.29, 0.717) is 0 Å². The Bertz CT molecular complexity index is 904. The van der Waals surface area contributed by atoms with Crippen LogP contribution < -0.4 is 0 Å². The predicted molar refractivity (Wildman–Crippen MR) is 120 cm³/mol. The van der Waals surface area contributed by atoms with Crippen LogP contribution in [0, 0.1) is 17.8 Å². The number of carbonyl (C=O) groups excluding carboxylic acids is 2. The maximum Gasteiger partial charge on any atom is 0.418 e. The first-order chi connectivity index (χ1) is 13.8.